The van der Waals surface area contributed by atoms with Crippen LogP contribution in [0.2, 0.25) is 18.1 Å². The van der Waals surface area contributed by atoms with Gasteiger partial charge in [0.1, 0.15) is 0 Å². The van der Waals surface area contributed by atoms with Crippen LogP contribution in [0, 0.1) is 13.8 Å². The molecule has 0 unspecified atom stereocenters. The first-order chi connectivity index (χ1) is 8.58. The van der Waals surface area contributed by atoms with Crippen LogP contribution in [0.15, 0.2) is 12.1 Å². The lowest BCUT2D eigenvalue weighted by molar-refractivity contribution is 0.112. The number of carbonyl (C=O) groups is 1. The van der Waals surface area contributed by atoms with Crippen LogP contribution in [0.5, 0.6) is 0 Å². The predicted molar refractivity (Wildman–Crippen MR) is 83.3 cm³/mol. The molecule has 3 heteroatoms. The van der Waals surface area contributed by atoms with Gasteiger partial charge in [-0.3, -0.25) is 4.79 Å². The van der Waals surface area contributed by atoms with Gasteiger partial charge in [-0.15, -0.1) is 0 Å². The number of hydrogen-bond acceptors (Lipinski definition) is 2. The van der Waals surface area contributed by atoms with Crippen LogP contribution >= 0.6 is 0 Å². The van der Waals surface area contributed by atoms with Crippen LogP contribution in [-0.2, 0) is 11.0 Å². The van der Waals surface area contributed by atoms with Gasteiger partial charge in [0.15, 0.2) is 14.6 Å². The highest BCUT2D eigenvalue weighted by Crippen LogP contribution is 2.37. The van der Waals surface area contributed by atoms with Gasteiger partial charge < -0.3 is 4.43 Å². The zero-order valence-corrected chi connectivity index (χ0v) is 14.3. The van der Waals surface area contributed by atoms with Crippen molar-refractivity contribution in [1.29, 1.82) is 0 Å². The van der Waals surface area contributed by atoms with E-state index in [1.165, 1.54) is 0 Å². The second-order valence-electron chi connectivity index (χ2n) is 6.81. The predicted octanol–water partition coefficient (Wildman–Crippen LogP) is 4.64. The first-order valence-electron chi connectivity index (χ1n) is 6.78. The lowest BCUT2D eigenvalue weighted by atomic mass is 10.0. The smallest absolute Gasteiger partial charge is 0.192 e. The van der Waals surface area contributed by atoms with Crippen LogP contribution in [0.4, 0.5) is 0 Å². The molecule has 0 amide bonds. The highest BCUT2D eigenvalue weighted by Gasteiger charge is 2.37. The highest BCUT2D eigenvalue weighted by atomic mass is 28.4. The molecule has 0 radical (unpaired) electrons. The number of rotatable bonds is 4. The van der Waals surface area contributed by atoms with E-state index in [2.05, 4.69) is 46.0 Å². The fourth-order valence-corrected chi connectivity index (χ4v) is 2.77. The maximum absolute atomic E-state index is 11.0. The number of carbonyl (C=O) groups excluding carboxylic acids is 1. The van der Waals surface area contributed by atoms with Crippen LogP contribution in [0.25, 0.3) is 0 Å². The number of aldehydes is 1. The van der Waals surface area contributed by atoms with E-state index in [1.807, 2.05) is 13.8 Å². The summed E-state index contributed by atoms with van der Waals surface area (Å²) in [5.74, 6) is 0. The maximum atomic E-state index is 11.0. The third kappa shape index (κ3) is 3.77. The monoisotopic (exact) mass is 278 g/mol. The Morgan fingerprint density at radius 3 is 2.00 bits per heavy atom. The molecule has 0 aliphatic carbocycles. The van der Waals surface area contributed by atoms with Crippen LogP contribution in [0.1, 0.15) is 47.8 Å². The topological polar surface area (TPSA) is 26.3 Å². The third-order valence-corrected chi connectivity index (χ3v) is 8.66. The molecule has 2 nitrogen and oxygen atoms in total. The quantitative estimate of drug-likeness (QED) is 0.592. The first-order valence-corrected chi connectivity index (χ1v) is 9.68. The van der Waals surface area contributed by atoms with E-state index in [0.717, 1.165) is 28.5 Å². The summed E-state index contributed by atoms with van der Waals surface area (Å²) in [4.78, 5) is 11.0. The molecule has 1 rings (SSSR count). The van der Waals surface area contributed by atoms with E-state index in [1.54, 1.807) is 0 Å². The SMILES string of the molecule is Cc1cc(CO[Si](C)(C)C(C)(C)C)cc(C)c1C=O. The van der Waals surface area contributed by atoms with E-state index < -0.39 is 8.32 Å². The number of aryl methyl sites for hydroxylation is 2. The summed E-state index contributed by atoms with van der Waals surface area (Å²) in [6, 6.07) is 4.12. The summed E-state index contributed by atoms with van der Waals surface area (Å²) in [5, 5.41) is 0.222. The Morgan fingerprint density at radius 2 is 1.63 bits per heavy atom. The summed E-state index contributed by atoms with van der Waals surface area (Å²) in [5.41, 5.74) is 4.02. The van der Waals surface area contributed by atoms with Crippen molar-refractivity contribution in [2.24, 2.45) is 0 Å². The van der Waals surface area contributed by atoms with Gasteiger partial charge in [0, 0.05) is 5.56 Å². The molecular weight excluding hydrogens is 252 g/mol. The van der Waals surface area contributed by atoms with Crippen molar-refractivity contribution in [3.8, 4) is 0 Å². The Bertz CT molecular complexity index is 447. The van der Waals surface area contributed by atoms with Crippen molar-refractivity contribution in [1.82, 2.24) is 0 Å². The molecule has 1 aromatic rings. The summed E-state index contributed by atoms with van der Waals surface area (Å²) in [6.45, 7) is 15.8. The Labute approximate surface area is 118 Å². The van der Waals surface area contributed by atoms with Crippen molar-refractivity contribution in [3.05, 3.63) is 34.4 Å². The lowest BCUT2D eigenvalue weighted by Gasteiger charge is -2.36. The standard InChI is InChI=1S/C16H26O2Si/c1-12-8-14(9-13(2)15(12)10-17)11-18-19(6,7)16(3,4)5/h8-10H,11H2,1-7H3. The molecule has 0 aliphatic heterocycles. The summed E-state index contributed by atoms with van der Waals surface area (Å²) in [6.07, 6.45) is 0.934. The summed E-state index contributed by atoms with van der Waals surface area (Å²) < 4.78 is 6.21. The summed E-state index contributed by atoms with van der Waals surface area (Å²) >= 11 is 0. The molecule has 106 valence electrons. The minimum atomic E-state index is -1.71. The molecule has 0 saturated carbocycles. The van der Waals surface area contributed by atoms with Crippen molar-refractivity contribution < 1.29 is 9.22 Å². The van der Waals surface area contributed by atoms with Crippen LogP contribution in [0.3, 0.4) is 0 Å². The molecule has 19 heavy (non-hydrogen) atoms. The van der Waals surface area contributed by atoms with Crippen LogP contribution in [-0.4, -0.2) is 14.6 Å². The fourth-order valence-electron chi connectivity index (χ4n) is 1.81. The minimum Gasteiger partial charge on any atom is -0.413 e. The minimum absolute atomic E-state index is 0.222. The first kappa shape index (κ1) is 16.1. The molecule has 0 atom stereocenters. The van der Waals surface area contributed by atoms with Gasteiger partial charge in [-0.2, -0.15) is 0 Å². The van der Waals surface area contributed by atoms with E-state index in [-0.39, 0.29) is 5.04 Å². The Kier molecular flexibility index (Phi) is 4.75. The second kappa shape index (κ2) is 5.59. The molecule has 0 bridgehead atoms. The van der Waals surface area contributed by atoms with Gasteiger partial charge in [-0.25, -0.2) is 0 Å². The Balaban J connectivity index is 2.88. The molecule has 0 N–H and O–H groups in total. The van der Waals surface area contributed by atoms with Gasteiger partial charge >= 0.3 is 0 Å². The van der Waals surface area contributed by atoms with E-state index in [9.17, 15) is 4.79 Å². The van der Waals surface area contributed by atoms with Gasteiger partial charge in [0.2, 0.25) is 0 Å². The molecule has 0 aromatic heterocycles. The largest absolute Gasteiger partial charge is 0.413 e. The fraction of sp³-hybridized carbons (Fsp3) is 0.562. The lowest BCUT2D eigenvalue weighted by Crippen LogP contribution is -2.40. The van der Waals surface area contributed by atoms with Crippen molar-refractivity contribution in [2.75, 3.05) is 0 Å². The molecule has 0 saturated heterocycles. The van der Waals surface area contributed by atoms with Gasteiger partial charge in [-0.1, -0.05) is 32.9 Å². The Morgan fingerprint density at radius 1 is 1.16 bits per heavy atom. The normalized spacial score (nSPS) is 12.6. The molecular formula is C16H26O2Si. The highest BCUT2D eigenvalue weighted by molar-refractivity contribution is 6.74. The van der Waals surface area contributed by atoms with Gasteiger partial charge in [0.05, 0.1) is 6.61 Å². The molecule has 0 aliphatic rings. The van der Waals surface area contributed by atoms with Gasteiger partial charge in [-0.05, 0) is 48.7 Å². The second-order valence-corrected chi connectivity index (χ2v) is 11.6. The van der Waals surface area contributed by atoms with Crippen molar-refractivity contribution >= 4 is 14.6 Å². The zero-order valence-electron chi connectivity index (χ0n) is 13.3. The molecule has 0 heterocycles. The Hall–Kier alpha value is -0.933. The zero-order chi connectivity index (χ0) is 14.8. The average molecular weight is 278 g/mol. The van der Waals surface area contributed by atoms with Crippen molar-refractivity contribution in [2.45, 2.75) is 59.4 Å². The summed E-state index contributed by atoms with van der Waals surface area (Å²) in [7, 11) is -1.71. The molecule has 1 aromatic carbocycles. The van der Waals surface area contributed by atoms with E-state index in [4.69, 9.17) is 4.43 Å². The number of benzene rings is 1. The average Bonchev–Trinajstić information content (AvgIpc) is 2.24. The van der Waals surface area contributed by atoms with Crippen molar-refractivity contribution in [3.63, 3.8) is 0 Å². The molecule has 0 spiro atoms. The van der Waals surface area contributed by atoms with Gasteiger partial charge in [0.25, 0.3) is 0 Å². The van der Waals surface area contributed by atoms with Crippen LogP contribution < -0.4 is 0 Å². The number of hydrogen-bond donors (Lipinski definition) is 0. The third-order valence-electron chi connectivity index (χ3n) is 4.18. The molecule has 0 fully saturated rings. The van der Waals surface area contributed by atoms with E-state index >= 15 is 0 Å². The van der Waals surface area contributed by atoms with E-state index in [0.29, 0.717) is 6.61 Å². The maximum Gasteiger partial charge on any atom is 0.192 e.